The van der Waals surface area contributed by atoms with Gasteiger partial charge in [-0.05, 0) is 37.0 Å². The lowest BCUT2D eigenvalue weighted by atomic mass is 9.90. The number of carbonyl (C=O) groups is 4. The van der Waals surface area contributed by atoms with E-state index in [0.717, 1.165) is 19.3 Å². The van der Waals surface area contributed by atoms with Gasteiger partial charge in [-0.25, -0.2) is 4.79 Å². The Morgan fingerprint density at radius 2 is 1.87 bits per heavy atom. The maximum absolute atomic E-state index is 13.2. The van der Waals surface area contributed by atoms with Crippen molar-refractivity contribution >= 4 is 23.7 Å². The molecule has 1 saturated carbocycles. The summed E-state index contributed by atoms with van der Waals surface area (Å²) in [6.07, 6.45) is 4.72. The molecule has 2 fully saturated rings. The molecule has 8 heteroatoms. The number of ether oxygens (including phenoxy) is 1. The molecule has 3 amide bonds. The molecule has 2 rings (SSSR count). The van der Waals surface area contributed by atoms with Crippen LogP contribution < -0.4 is 10.6 Å². The van der Waals surface area contributed by atoms with E-state index in [0.29, 0.717) is 31.7 Å². The fourth-order valence-corrected chi connectivity index (χ4v) is 3.83. The average molecular weight is 424 g/mol. The lowest BCUT2D eigenvalue weighted by Crippen LogP contribution is -2.54. The molecule has 0 radical (unpaired) electrons. The van der Waals surface area contributed by atoms with Crippen molar-refractivity contribution in [2.24, 2.45) is 17.3 Å². The van der Waals surface area contributed by atoms with Gasteiger partial charge in [0.2, 0.25) is 17.7 Å². The van der Waals surface area contributed by atoms with Crippen LogP contribution in [-0.4, -0.2) is 61.4 Å². The van der Waals surface area contributed by atoms with E-state index >= 15 is 0 Å². The summed E-state index contributed by atoms with van der Waals surface area (Å²) in [5.41, 5.74) is -0.186. The van der Waals surface area contributed by atoms with Crippen LogP contribution in [0.1, 0.15) is 65.7 Å². The Kier molecular flexibility index (Phi) is 8.26. The van der Waals surface area contributed by atoms with Gasteiger partial charge in [-0.2, -0.15) is 0 Å². The zero-order chi connectivity index (χ0) is 22.5. The standard InChI is InChI=1S/C22H37N3O5/c1-22(2,3)13-18(26)25(4)17(11-14-8-9-14)20(28)24-16(21(29)30-5)12-15-7-6-10-23-19(15)27/h14-17H,6-13H2,1-5H3,(H,23,27)(H,24,28)/t15-,16-,17-/m0/s1. The molecule has 2 N–H and O–H groups in total. The number of hydrogen-bond donors (Lipinski definition) is 2. The predicted octanol–water partition coefficient (Wildman–Crippen LogP) is 1.62. The van der Waals surface area contributed by atoms with E-state index < -0.39 is 18.1 Å². The van der Waals surface area contributed by atoms with E-state index in [9.17, 15) is 19.2 Å². The molecular weight excluding hydrogens is 386 g/mol. The van der Waals surface area contributed by atoms with Gasteiger partial charge in [0.15, 0.2) is 0 Å². The van der Waals surface area contributed by atoms with Crippen molar-refractivity contribution in [2.45, 2.75) is 77.8 Å². The van der Waals surface area contributed by atoms with Crippen molar-refractivity contribution in [1.29, 1.82) is 0 Å². The third-order valence-electron chi connectivity index (χ3n) is 5.82. The smallest absolute Gasteiger partial charge is 0.328 e. The Labute approximate surface area is 179 Å². The number of amides is 3. The van der Waals surface area contributed by atoms with Crippen LogP contribution in [-0.2, 0) is 23.9 Å². The summed E-state index contributed by atoms with van der Waals surface area (Å²) in [6, 6.07) is -1.55. The minimum absolute atomic E-state index is 0.0930. The molecule has 1 aliphatic carbocycles. The van der Waals surface area contributed by atoms with Gasteiger partial charge in [0.25, 0.3) is 0 Å². The molecule has 2 aliphatic rings. The number of nitrogens with zero attached hydrogens (tertiary/aromatic N) is 1. The van der Waals surface area contributed by atoms with E-state index in [-0.39, 0.29) is 35.5 Å². The van der Waals surface area contributed by atoms with Crippen molar-refractivity contribution < 1.29 is 23.9 Å². The summed E-state index contributed by atoms with van der Waals surface area (Å²) in [7, 11) is 2.92. The van der Waals surface area contributed by atoms with Gasteiger partial charge >= 0.3 is 5.97 Å². The van der Waals surface area contributed by atoms with Crippen molar-refractivity contribution in [3.8, 4) is 0 Å². The third kappa shape index (κ3) is 7.29. The Hall–Kier alpha value is -2.12. The molecule has 30 heavy (non-hydrogen) atoms. The zero-order valence-corrected chi connectivity index (χ0v) is 19.0. The zero-order valence-electron chi connectivity index (χ0n) is 19.0. The van der Waals surface area contributed by atoms with E-state index in [4.69, 9.17) is 4.74 Å². The number of esters is 1. The summed E-state index contributed by atoms with van der Waals surface area (Å²) in [4.78, 5) is 51.9. The summed E-state index contributed by atoms with van der Waals surface area (Å²) >= 11 is 0. The Bertz CT molecular complexity index is 654. The Balaban J connectivity index is 2.10. The maximum Gasteiger partial charge on any atom is 0.328 e. The molecule has 0 aromatic heterocycles. The number of methoxy groups -OCH3 is 1. The summed E-state index contributed by atoms with van der Waals surface area (Å²) < 4.78 is 4.87. The first-order valence-electron chi connectivity index (χ1n) is 10.9. The first-order chi connectivity index (χ1) is 14.0. The van der Waals surface area contributed by atoms with Crippen LogP contribution >= 0.6 is 0 Å². The average Bonchev–Trinajstić information content (AvgIpc) is 3.48. The van der Waals surface area contributed by atoms with Crippen molar-refractivity contribution in [2.75, 3.05) is 20.7 Å². The van der Waals surface area contributed by atoms with Crippen LogP contribution in [0.3, 0.4) is 0 Å². The van der Waals surface area contributed by atoms with Gasteiger partial charge in [0.1, 0.15) is 12.1 Å². The van der Waals surface area contributed by atoms with Gasteiger partial charge in [-0.3, -0.25) is 14.4 Å². The highest BCUT2D eigenvalue weighted by atomic mass is 16.5. The molecule has 1 aliphatic heterocycles. The molecule has 0 bridgehead atoms. The van der Waals surface area contributed by atoms with E-state index in [2.05, 4.69) is 10.6 Å². The lowest BCUT2D eigenvalue weighted by Gasteiger charge is -2.32. The molecule has 0 aromatic rings. The van der Waals surface area contributed by atoms with Crippen molar-refractivity contribution in [3.05, 3.63) is 0 Å². The normalized spacial score (nSPS) is 21.2. The molecule has 0 unspecified atom stereocenters. The van der Waals surface area contributed by atoms with Crippen LogP contribution in [0.25, 0.3) is 0 Å². The molecule has 0 spiro atoms. The Morgan fingerprint density at radius 3 is 2.40 bits per heavy atom. The fraction of sp³-hybridized carbons (Fsp3) is 0.818. The van der Waals surface area contributed by atoms with E-state index in [1.807, 2.05) is 20.8 Å². The molecule has 170 valence electrons. The summed E-state index contributed by atoms with van der Waals surface area (Å²) in [5, 5.41) is 5.58. The molecule has 8 nitrogen and oxygen atoms in total. The van der Waals surface area contributed by atoms with Gasteiger partial charge in [0, 0.05) is 25.9 Å². The minimum atomic E-state index is -0.913. The molecule has 0 aromatic carbocycles. The van der Waals surface area contributed by atoms with Crippen LogP contribution in [0.4, 0.5) is 0 Å². The first-order valence-corrected chi connectivity index (χ1v) is 10.9. The summed E-state index contributed by atoms with van der Waals surface area (Å²) in [5.74, 6) is -1.05. The maximum atomic E-state index is 13.2. The SMILES string of the molecule is COC(=O)[C@H](C[C@@H]1CCCNC1=O)NC(=O)[C@H](CC1CC1)N(C)C(=O)CC(C)(C)C. The number of hydrogen-bond acceptors (Lipinski definition) is 5. The minimum Gasteiger partial charge on any atom is -0.467 e. The predicted molar refractivity (Wildman–Crippen MR) is 112 cm³/mol. The second-order valence-electron chi connectivity index (χ2n) is 9.89. The van der Waals surface area contributed by atoms with Gasteiger partial charge in [-0.15, -0.1) is 0 Å². The summed E-state index contributed by atoms with van der Waals surface area (Å²) in [6.45, 7) is 6.58. The second kappa shape index (κ2) is 10.3. The topological polar surface area (TPSA) is 105 Å². The number of carbonyl (C=O) groups excluding carboxylic acids is 4. The number of likely N-dealkylation sites (N-methyl/N-ethyl adjacent to an activating group) is 1. The molecule has 1 saturated heterocycles. The third-order valence-corrected chi connectivity index (χ3v) is 5.82. The van der Waals surface area contributed by atoms with Crippen LogP contribution in [0.15, 0.2) is 0 Å². The molecule has 3 atom stereocenters. The van der Waals surface area contributed by atoms with Crippen molar-refractivity contribution in [1.82, 2.24) is 15.5 Å². The largest absolute Gasteiger partial charge is 0.467 e. The second-order valence-corrected chi connectivity index (χ2v) is 9.89. The number of nitrogens with one attached hydrogen (secondary N) is 2. The van der Waals surface area contributed by atoms with Gasteiger partial charge < -0.3 is 20.3 Å². The Morgan fingerprint density at radius 1 is 1.20 bits per heavy atom. The highest BCUT2D eigenvalue weighted by Gasteiger charge is 2.37. The highest BCUT2D eigenvalue weighted by molar-refractivity contribution is 5.91. The number of piperidine rings is 1. The van der Waals surface area contributed by atoms with Crippen molar-refractivity contribution in [3.63, 3.8) is 0 Å². The van der Waals surface area contributed by atoms with Crippen LogP contribution in [0.5, 0.6) is 0 Å². The van der Waals surface area contributed by atoms with Crippen LogP contribution in [0.2, 0.25) is 0 Å². The first kappa shape index (κ1) is 24.2. The van der Waals surface area contributed by atoms with E-state index in [1.54, 1.807) is 7.05 Å². The van der Waals surface area contributed by atoms with Crippen LogP contribution in [0, 0.1) is 17.3 Å². The quantitative estimate of drug-likeness (QED) is 0.549. The van der Waals surface area contributed by atoms with Gasteiger partial charge in [0.05, 0.1) is 7.11 Å². The monoisotopic (exact) mass is 423 g/mol. The van der Waals surface area contributed by atoms with E-state index in [1.165, 1.54) is 12.0 Å². The molecule has 1 heterocycles. The van der Waals surface area contributed by atoms with Gasteiger partial charge in [-0.1, -0.05) is 33.6 Å². The number of rotatable bonds is 9. The lowest BCUT2D eigenvalue weighted by molar-refractivity contribution is -0.147. The highest BCUT2D eigenvalue weighted by Crippen LogP contribution is 2.35. The fourth-order valence-electron chi connectivity index (χ4n) is 3.83. The molecular formula is C22H37N3O5.